The van der Waals surface area contributed by atoms with Gasteiger partial charge < -0.3 is 0 Å². The van der Waals surface area contributed by atoms with Crippen LogP contribution in [0.25, 0.3) is 0 Å². The first-order valence-corrected chi connectivity index (χ1v) is 26.2. The molecule has 0 saturated carbocycles. The van der Waals surface area contributed by atoms with E-state index in [0.717, 1.165) is 88.9 Å². The van der Waals surface area contributed by atoms with Gasteiger partial charge in [0, 0.05) is 0 Å². The predicted molar refractivity (Wildman–Crippen MR) is 219 cm³/mol. The van der Waals surface area contributed by atoms with Gasteiger partial charge in [0.1, 0.15) is 0 Å². The Kier molecular flexibility index (Phi) is 31.5. The van der Waals surface area contributed by atoms with Crippen molar-refractivity contribution in [2.24, 2.45) is 11.8 Å². The van der Waals surface area contributed by atoms with Crippen LogP contribution in [0.15, 0.2) is 0 Å². The van der Waals surface area contributed by atoms with Crippen LogP contribution < -0.4 is 0 Å². The minimum absolute atomic E-state index is 0.400. The molecule has 0 fully saturated rings. The summed E-state index contributed by atoms with van der Waals surface area (Å²) in [5, 5.41) is 0. The second-order valence-electron chi connectivity index (χ2n) is 15.7. The van der Waals surface area contributed by atoms with Crippen LogP contribution in [-0.4, -0.2) is 37.9 Å². The Bertz CT molecular complexity index is 697. The first-order chi connectivity index (χ1) is 23.2. The summed E-state index contributed by atoms with van der Waals surface area (Å²) in [5.74, 6) is 0.800. The molecule has 6 heteroatoms. The minimum atomic E-state index is -3.75. The second-order valence-corrected chi connectivity index (χ2v) is 23.2. The summed E-state index contributed by atoms with van der Waals surface area (Å²) in [7, 11) is -3.75. The van der Waals surface area contributed by atoms with Gasteiger partial charge in [0.2, 0.25) is 0 Å². The number of hydrogen-bond donors (Lipinski definition) is 0. The standard InChI is InChI=1S/C42H90O4P2/c1-9-17-23-24-25-26-27-28-29-30-31-32-38-48(35-20-12-4,36-21-13-5,37-22-14-6)46-47(43,44-39-41(15-7)33-18-10-2)45-40-42(16-8)34-19-11-3/h41-42H,9-40H2,1-8H3. The summed E-state index contributed by atoms with van der Waals surface area (Å²) in [6, 6.07) is 0. The van der Waals surface area contributed by atoms with Crippen LogP contribution in [0.4, 0.5) is 0 Å². The van der Waals surface area contributed by atoms with Gasteiger partial charge in [-0.25, -0.2) is 0 Å². The van der Waals surface area contributed by atoms with Crippen molar-refractivity contribution in [1.82, 2.24) is 0 Å². The number of rotatable bonds is 38. The monoisotopic (exact) mass is 721 g/mol. The summed E-state index contributed by atoms with van der Waals surface area (Å²) >= 11 is 0. The van der Waals surface area contributed by atoms with E-state index < -0.39 is 14.7 Å². The van der Waals surface area contributed by atoms with E-state index in [9.17, 15) is 0 Å². The average molecular weight is 721 g/mol. The van der Waals surface area contributed by atoms with E-state index in [4.69, 9.17) is 13.4 Å². The molecule has 2 atom stereocenters. The molecule has 0 aromatic rings. The average Bonchev–Trinajstić information content (AvgIpc) is 3.10. The van der Waals surface area contributed by atoms with Gasteiger partial charge in [0.05, 0.1) is 0 Å². The van der Waals surface area contributed by atoms with E-state index >= 15 is 4.57 Å². The van der Waals surface area contributed by atoms with Gasteiger partial charge in [0.25, 0.3) is 0 Å². The Morgan fingerprint density at radius 1 is 0.417 bits per heavy atom. The third-order valence-electron chi connectivity index (χ3n) is 11.2. The molecule has 0 amide bonds. The van der Waals surface area contributed by atoms with Crippen molar-refractivity contribution in [3.05, 3.63) is 0 Å². The van der Waals surface area contributed by atoms with E-state index in [1.54, 1.807) is 0 Å². The van der Waals surface area contributed by atoms with Crippen molar-refractivity contribution in [3.8, 4) is 0 Å². The van der Waals surface area contributed by atoms with Crippen molar-refractivity contribution in [3.63, 3.8) is 0 Å². The molecule has 0 heterocycles. The van der Waals surface area contributed by atoms with E-state index in [0.29, 0.717) is 25.0 Å². The third kappa shape index (κ3) is 22.5. The molecular weight excluding hydrogens is 630 g/mol. The Morgan fingerprint density at radius 3 is 1.06 bits per heavy atom. The van der Waals surface area contributed by atoms with Gasteiger partial charge in [0.15, 0.2) is 0 Å². The molecule has 2 unspecified atom stereocenters. The number of unbranched alkanes of at least 4 members (excludes halogenated alkanes) is 16. The quantitative estimate of drug-likeness (QED) is 0.0470. The maximum absolute atomic E-state index is 15.2. The molecule has 0 saturated heterocycles. The van der Waals surface area contributed by atoms with Crippen molar-refractivity contribution in [1.29, 1.82) is 0 Å². The normalized spacial score (nSPS) is 15.6. The fraction of sp³-hybridized carbons (Fsp3) is 1.00. The zero-order valence-corrected chi connectivity index (χ0v) is 36.1. The topological polar surface area (TPSA) is 44.8 Å². The zero-order valence-electron chi connectivity index (χ0n) is 34.3. The fourth-order valence-electron chi connectivity index (χ4n) is 7.42. The molecule has 0 aromatic heterocycles. The van der Waals surface area contributed by atoms with Gasteiger partial charge >= 0.3 is 291 Å². The van der Waals surface area contributed by atoms with Crippen LogP contribution in [-0.2, 0) is 17.9 Å². The predicted octanol–water partition coefficient (Wildman–Crippen LogP) is 16.1. The molecule has 0 bridgehead atoms. The molecule has 48 heavy (non-hydrogen) atoms. The molecule has 0 aliphatic rings. The van der Waals surface area contributed by atoms with Gasteiger partial charge in [-0.2, -0.15) is 0 Å². The van der Waals surface area contributed by atoms with Crippen molar-refractivity contribution in [2.45, 2.75) is 222 Å². The molecule has 0 aliphatic carbocycles. The van der Waals surface area contributed by atoms with Gasteiger partial charge in [-0.05, 0) is 0 Å². The van der Waals surface area contributed by atoms with Crippen LogP contribution in [0.2, 0.25) is 0 Å². The summed E-state index contributed by atoms with van der Waals surface area (Å²) in [6.45, 7) is 16.3. The molecular formula is C42H90O4P2. The van der Waals surface area contributed by atoms with Crippen LogP contribution in [0.5, 0.6) is 0 Å². The number of phosphoric acid groups is 1. The Hall–Kier alpha value is 0.540. The molecule has 0 rings (SSSR count). The fourth-order valence-corrected chi connectivity index (χ4v) is 17.9. The van der Waals surface area contributed by atoms with Crippen molar-refractivity contribution in [2.75, 3.05) is 37.9 Å². The first-order valence-electron chi connectivity index (χ1n) is 21.9. The Labute approximate surface area is 303 Å². The molecule has 0 aromatic carbocycles. The van der Waals surface area contributed by atoms with E-state index in [1.807, 2.05) is 0 Å². The zero-order chi connectivity index (χ0) is 35.9. The van der Waals surface area contributed by atoms with E-state index in [2.05, 4.69) is 55.4 Å². The molecule has 0 radical (unpaired) electrons. The van der Waals surface area contributed by atoms with E-state index in [1.165, 1.54) is 103 Å². The summed E-state index contributed by atoms with van der Waals surface area (Å²) in [4.78, 5) is 0. The third-order valence-corrected chi connectivity index (χ3v) is 20.5. The van der Waals surface area contributed by atoms with Crippen LogP contribution in [0.3, 0.4) is 0 Å². The first kappa shape index (κ1) is 48.5. The van der Waals surface area contributed by atoms with Crippen molar-refractivity contribution >= 4 is 14.7 Å². The molecule has 0 N–H and O–H groups in total. The van der Waals surface area contributed by atoms with Crippen LogP contribution in [0, 0.1) is 11.8 Å². The molecule has 0 aliphatic heterocycles. The Balaban J connectivity index is 6.11. The van der Waals surface area contributed by atoms with Crippen molar-refractivity contribution < 1.29 is 17.9 Å². The second kappa shape index (κ2) is 31.1. The Morgan fingerprint density at radius 2 is 0.729 bits per heavy atom. The number of phosphoric ester groups is 1. The summed E-state index contributed by atoms with van der Waals surface area (Å²) in [5.41, 5.74) is 0. The molecule has 292 valence electrons. The molecule has 0 spiro atoms. The summed E-state index contributed by atoms with van der Waals surface area (Å²) in [6.07, 6.45) is 36.5. The van der Waals surface area contributed by atoms with E-state index in [-0.39, 0.29) is 0 Å². The molecule has 4 nitrogen and oxygen atoms in total. The SMILES string of the molecule is CCCCCCCCCCCCCCP(CCCC)(CCCC)(CCCC)OP(=O)(OCC(CC)CCCC)OCC(CC)CCCC. The maximum atomic E-state index is 15.2. The van der Waals surface area contributed by atoms with Gasteiger partial charge in [-0.3, -0.25) is 0 Å². The van der Waals surface area contributed by atoms with Gasteiger partial charge in [-0.15, -0.1) is 0 Å². The number of hydrogen-bond acceptors (Lipinski definition) is 4. The van der Waals surface area contributed by atoms with Gasteiger partial charge in [-0.1, -0.05) is 13.3 Å². The van der Waals surface area contributed by atoms with Crippen LogP contribution in [0.1, 0.15) is 222 Å². The van der Waals surface area contributed by atoms with Crippen LogP contribution >= 0.6 is 14.7 Å². The summed E-state index contributed by atoms with van der Waals surface area (Å²) < 4.78 is 35.8.